The number of pyridine rings is 1. The van der Waals surface area contributed by atoms with Crippen LogP contribution in [0.2, 0.25) is 0 Å². The molecule has 1 aliphatic heterocycles. The summed E-state index contributed by atoms with van der Waals surface area (Å²) < 4.78 is 1.67. The Morgan fingerprint density at radius 2 is 2.21 bits per heavy atom. The van der Waals surface area contributed by atoms with Crippen molar-refractivity contribution in [3.05, 3.63) is 54.0 Å². The molecule has 7 heteroatoms. The third-order valence-corrected chi connectivity index (χ3v) is 5.45. The number of hydrogen-bond donors (Lipinski definition) is 1. The standard InChI is InChI=1S/C22H24N6O/c1-15-8-17(19-6-5-16(9-23)22-20(19)4-3-7-24-22)12-28(11-15)14-21(29)26-18-10-25-27(2)13-18/h3-7,10,13,15,17H,8,11-12,14H2,1-2H3,(H,26,29)/t15-,17+/m1/s1. The van der Waals surface area contributed by atoms with Crippen LogP contribution < -0.4 is 5.32 Å². The molecule has 3 aromatic rings. The van der Waals surface area contributed by atoms with E-state index in [2.05, 4.69) is 39.4 Å². The van der Waals surface area contributed by atoms with Gasteiger partial charge >= 0.3 is 0 Å². The predicted octanol–water partition coefficient (Wildman–Crippen LogP) is 2.90. The summed E-state index contributed by atoms with van der Waals surface area (Å²) in [5, 5.41) is 17.4. The molecular formula is C22H24N6O. The fraction of sp³-hybridized carbons (Fsp3) is 0.364. The number of amides is 1. The topological polar surface area (TPSA) is 86.8 Å². The van der Waals surface area contributed by atoms with Crippen LogP contribution in [0.25, 0.3) is 10.9 Å². The number of aryl methyl sites for hydroxylation is 1. The monoisotopic (exact) mass is 388 g/mol. The van der Waals surface area contributed by atoms with Gasteiger partial charge in [0.05, 0.1) is 29.5 Å². The highest BCUT2D eigenvalue weighted by Crippen LogP contribution is 2.34. The van der Waals surface area contributed by atoms with Crippen LogP contribution in [0.3, 0.4) is 0 Å². The minimum atomic E-state index is -0.0304. The van der Waals surface area contributed by atoms with Gasteiger partial charge in [0.25, 0.3) is 0 Å². The smallest absolute Gasteiger partial charge is 0.238 e. The molecule has 1 fully saturated rings. The molecule has 0 unspecified atom stereocenters. The van der Waals surface area contributed by atoms with E-state index in [1.165, 1.54) is 5.56 Å². The van der Waals surface area contributed by atoms with Crippen molar-refractivity contribution >= 4 is 22.5 Å². The highest BCUT2D eigenvalue weighted by molar-refractivity contribution is 5.92. The summed E-state index contributed by atoms with van der Waals surface area (Å²) in [5.41, 5.74) is 3.27. The molecule has 0 spiro atoms. The van der Waals surface area contributed by atoms with Gasteiger partial charge in [0, 0.05) is 37.9 Å². The minimum Gasteiger partial charge on any atom is -0.322 e. The predicted molar refractivity (Wildman–Crippen MR) is 111 cm³/mol. The number of nitrogens with one attached hydrogen (secondary N) is 1. The van der Waals surface area contributed by atoms with Crippen LogP contribution in [-0.2, 0) is 11.8 Å². The SMILES string of the molecule is C[C@@H]1C[C@H](c2ccc(C#N)c3ncccc23)CN(CC(=O)Nc2cnn(C)c2)C1. The van der Waals surface area contributed by atoms with Crippen molar-refractivity contribution in [1.82, 2.24) is 19.7 Å². The second-order valence-electron chi connectivity index (χ2n) is 7.90. The molecule has 0 radical (unpaired) electrons. The fourth-order valence-corrected chi connectivity index (χ4v) is 4.35. The first-order valence-corrected chi connectivity index (χ1v) is 9.82. The first kappa shape index (κ1) is 19.1. The molecule has 0 aliphatic carbocycles. The van der Waals surface area contributed by atoms with Gasteiger partial charge in [-0.3, -0.25) is 19.4 Å². The Morgan fingerprint density at radius 1 is 1.34 bits per heavy atom. The van der Waals surface area contributed by atoms with Gasteiger partial charge < -0.3 is 5.32 Å². The molecule has 1 amide bonds. The number of benzene rings is 1. The number of fused-ring (bicyclic) bond motifs is 1. The van der Waals surface area contributed by atoms with E-state index in [0.29, 0.717) is 29.6 Å². The van der Waals surface area contributed by atoms with E-state index < -0.39 is 0 Å². The van der Waals surface area contributed by atoms with Crippen LogP contribution in [0.5, 0.6) is 0 Å². The third kappa shape index (κ3) is 4.13. The summed E-state index contributed by atoms with van der Waals surface area (Å²) in [6.07, 6.45) is 6.22. The summed E-state index contributed by atoms with van der Waals surface area (Å²) in [6, 6.07) is 10.1. The van der Waals surface area contributed by atoms with Crippen molar-refractivity contribution in [2.45, 2.75) is 19.3 Å². The first-order chi connectivity index (χ1) is 14.0. The molecule has 29 heavy (non-hydrogen) atoms. The number of aromatic nitrogens is 3. The third-order valence-electron chi connectivity index (χ3n) is 5.45. The molecule has 2 atom stereocenters. The van der Waals surface area contributed by atoms with Gasteiger partial charge in [-0.2, -0.15) is 10.4 Å². The quantitative estimate of drug-likeness (QED) is 0.743. The summed E-state index contributed by atoms with van der Waals surface area (Å²) in [5.74, 6) is 0.740. The number of nitriles is 1. The van der Waals surface area contributed by atoms with E-state index in [1.807, 2.05) is 25.2 Å². The van der Waals surface area contributed by atoms with E-state index in [0.717, 1.165) is 30.4 Å². The van der Waals surface area contributed by atoms with Crippen LogP contribution in [0, 0.1) is 17.2 Å². The number of carbonyl (C=O) groups is 1. The molecule has 148 valence electrons. The second-order valence-corrected chi connectivity index (χ2v) is 7.90. The largest absolute Gasteiger partial charge is 0.322 e. The van der Waals surface area contributed by atoms with Gasteiger partial charge in [-0.1, -0.05) is 19.1 Å². The molecule has 7 nitrogen and oxygen atoms in total. The lowest BCUT2D eigenvalue weighted by molar-refractivity contribution is -0.117. The normalized spacial score (nSPS) is 19.8. The average molecular weight is 388 g/mol. The number of anilines is 1. The molecule has 3 heterocycles. The molecule has 2 aromatic heterocycles. The molecule has 0 saturated carbocycles. The van der Waals surface area contributed by atoms with E-state index in [4.69, 9.17) is 0 Å². The summed E-state index contributed by atoms with van der Waals surface area (Å²) in [6.45, 7) is 4.27. The maximum atomic E-state index is 12.5. The summed E-state index contributed by atoms with van der Waals surface area (Å²) in [4.78, 5) is 19.1. The van der Waals surface area contributed by atoms with Crippen molar-refractivity contribution in [1.29, 1.82) is 5.26 Å². The maximum Gasteiger partial charge on any atom is 0.238 e. The first-order valence-electron chi connectivity index (χ1n) is 9.82. The van der Waals surface area contributed by atoms with E-state index in [1.54, 1.807) is 23.3 Å². The second kappa shape index (κ2) is 8.02. The summed E-state index contributed by atoms with van der Waals surface area (Å²) >= 11 is 0. The molecule has 1 N–H and O–H groups in total. The van der Waals surface area contributed by atoms with Crippen molar-refractivity contribution in [3.8, 4) is 6.07 Å². The van der Waals surface area contributed by atoms with Gasteiger partial charge in [-0.15, -0.1) is 0 Å². The number of piperidine rings is 1. The zero-order valence-electron chi connectivity index (χ0n) is 16.7. The Morgan fingerprint density at radius 3 is 2.97 bits per heavy atom. The Kier molecular flexibility index (Phi) is 5.28. The van der Waals surface area contributed by atoms with Crippen molar-refractivity contribution in [2.24, 2.45) is 13.0 Å². The van der Waals surface area contributed by atoms with Crippen molar-refractivity contribution in [2.75, 3.05) is 25.0 Å². The minimum absolute atomic E-state index is 0.0304. The zero-order valence-corrected chi connectivity index (χ0v) is 16.7. The van der Waals surface area contributed by atoms with Gasteiger partial charge in [-0.05, 0) is 36.0 Å². The fourth-order valence-electron chi connectivity index (χ4n) is 4.35. The van der Waals surface area contributed by atoms with E-state index >= 15 is 0 Å². The highest BCUT2D eigenvalue weighted by atomic mass is 16.2. The lowest BCUT2D eigenvalue weighted by atomic mass is 9.83. The van der Waals surface area contributed by atoms with Crippen LogP contribution in [0.15, 0.2) is 42.9 Å². The Hall–Kier alpha value is -3.24. The van der Waals surface area contributed by atoms with Gasteiger partial charge in [0.15, 0.2) is 0 Å². The molecule has 4 rings (SSSR count). The number of nitrogens with zero attached hydrogens (tertiary/aromatic N) is 5. The van der Waals surface area contributed by atoms with Gasteiger partial charge in [-0.25, -0.2) is 0 Å². The van der Waals surface area contributed by atoms with Gasteiger partial charge in [0.2, 0.25) is 5.91 Å². The Labute approximate surface area is 170 Å². The summed E-state index contributed by atoms with van der Waals surface area (Å²) in [7, 11) is 1.82. The molecule has 1 saturated heterocycles. The van der Waals surface area contributed by atoms with Crippen molar-refractivity contribution < 1.29 is 4.79 Å². The zero-order chi connectivity index (χ0) is 20.4. The molecule has 1 aliphatic rings. The highest BCUT2D eigenvalue weighted by Gasteiger charge is 2.28. The lowest BCUT2D eigenvalue weighted by Crippen LogP contribution is -2.42. The van der Waals surface area contributed by atoms with Crippen LogP contribution in [0.4, 0.5) is 5.69 Å². The number of carbonyl (C=O) groups excluding carboxylic acids is 1. The van der Waals surface area contributed by atoms with Crippen LogP contribution in [0.1, 0.15) is 30.4 Å². The van der Waals surface area contributed by atoms with E-state index in [9.17, 15) is 10.1 Å². The maximum absolute atomic E-state index is 12.5. The number of likely N-dealkylation sites (tertiary alicyclic amines) is 1. The lowest BCUT2D eigenvalue weighted by Gasteiger charge is -2.36. The van der Waals surface area contributed by atoms with Gasteiger partial charge in [0.1, 0.15) is 6.07 Å². The molecular weight excluding hydrogens is 364 g/mol. The molecule has 1 aromatic carbocycles. The van der Waals surface area contributed by atoms with Crippen molar-refractivity contribution in [3.63, 3.8) is 0 Å². The number of hydrogen-bond acceptors (Lipinski definition) is 5. The van der Waals surface area contributed by atoms with Crippen LogP contribution in [-0.4, -0.2) is 45.2 Å². The Bertz CT molecular complexity index is 1080. The van der Waals surface area contributed by atoms with Crippen LogP contribution >= 0.6 is 0 Å². The average Bonchev–Trinajstić information content (AvgIpc) is 3.11. The molecule has 0 bridgehead atoms. The van der Waals surface area contributed by atoms with E-state index in [-0.39, 0.29) is 5.91 Å². The number of rotatable bonds is 4. The Balaban J connectivity index is 1.53.